The summed E-state index contributed by atoms with van der Waals surface area (Å²) in [5, 5.41) is 13.0. The lowest BCUT2D eigenvalue weighted by atomic mass is 10.0. The van der Waals surface area contributed by atoms with E-state index in [1.165, 1.54) is 12.1 Å². The van der Waals surface area contributed by atoms with Gasteiger partial charge in [-0.25, -0.2) is 4.39 Å². The van der Waals surface area contributed by atoms with Gasteiger partial charge in [0.15, 0.2) is 0 Å². The van der Waals surface area contributed by atoms with Crippen molar-refractivity contribution >= 4 is 5.91 Å². The molecular weight excluding hydrogens is 271 g/mol. The second kappa shape index (κ2) is 8.74. The smallest absolute Gasteiger partial charge is 0.234 e. The molecule has 1 aromatic rings. The summed E-state index contributed by atoms with van der Waals surface area (Å²) in [6.45, 7) is 7.90. The molecule has 0 aliphatic heterocycles. The number of hydrogen-bond acceptors (Lipinski definition) is 3. The van der Waals surface area contributed by atoms with Crippen LogP contribution in [0.15, 0.2) is 24.3 Å². The zero-order valence-corrected chi connectivity index (χ0v) is 13.0. The third-order valence-electron chi connectivity index (χ3n) is 3.50. The largest absolute Gasteiger partial charge is 0.388 e. The Kier molecular flexibility index (Phi) is 7.32. The molecule has 0 spiro atoms. The predicted octanol–water partition coefficient (Wildman–Crippen LogP) is 2.10. The number of nitrogens with one attached hydrogen (secondary N) is 1. The SMILES string of the molecule is CCN(CC)CC(=O)NC(C)CC(O)c1ccc(F)cc1. The fourth-order valence-corrected chi connectivity index (χ4v) is 2.19. The van der Waals surface area contributed by atoms with Gasteiger partial charge in [-0.3, -0.25) is 9.69 Å². The Bertz CT molecular complexity index is 432. The standard InChI is InChI=1S/C16H25FN2O2/c1-4-19(5-2)11-16(21)18-12(3)10-15(20)13-6-8-14(17)9-7-13/h6-9,12,15,20H,4-5,10-11H2,1-3H3,(H,18,21). The van der Waals surface area contributed by atoms with Gasteiger partial charge in [0, 0.05) is 6.04 Å². The van der Waals surface area contributed by atoms with E-state index in [-0.39, 0.29) is 17.8 Å². The number of carbonyl (C=O) groups excluding carboxylic acids is 1. The molecule has 2 N–H and O–H groups in total. The van der Waals surface area contributed by atoms with Crippen molar-refractivity contribution in [3.63, 3.8) is 0 Å². The first-order valence-electron chi connectivity index (χ1n) is 7.41. The Morgan fingerprint density at radius 1 is 1.29 bits per heavy atom. The van der Waals surface area contributed by atoms with Crippen LogP contribution in [0.1, 0.15) is 38.9 Å². The molecule has 0 radical (unpaired) electrons. The first-order valence-corrected chi connectivity index (χ1v) is 7.41. The molecule has 0 saturated heterocycles. The summed E-state index contributed by atoms with van der Waals surface area (Å²) in [4.78, 5) is 13.9. The lowest BCUT2D eigenvalue weighted by Gasteiger charge is -2.21. The first-order chi connectivity index (χ1) is 9.96. The van der Waals surface area contributed by atoms with Crippen molar-refractivity contribution in [2.75, 3.05) is 19.6 Å². The van der Waals surface area contributed by atoms with Gasteiger partial charge in [0.25, 0.3) is 0 Å². The molecule has 2 atom stereocenters. The van der Waals surface area contributed by atoms with Crippen LogP contribution in [-0.2, 0) is 4.79 Å². The van der Waals surface area contributed by atoms with Gasteiger partial charge in [0.1, 0.15) is 5.82 Å². The van der Waals surface area contributed by atoms with Crippen LogP contribution in [-0.4, -0.2) is 41.6 Å². The molecule has 118 valence electrons. The first kappa shape index (κ1) is 17.6. The maximum Gasteiger partial charge on any atom is 0.234 e. The van der Waals surface area contributed by atoms with Crippen molar-refractivity contribution in [2.45, 2.75) is 39.3 Å². The number of aliphatic hydroxyl groups is 1. The van der Waals surface area contributed by atoms with Crippen LogP contribution in [0.3, 0.4) is 0 Å². The molecule has 5 heteroatoms. The molecule has 0 fully saturated rings. The minimum absolute atomic E-state index is 0.0440. The summed E-state index contributed by atoms with van der Waals surface area (Å²) in [6, 6.07) is 5.62. The van der Waals surface area contributed by atoms with E-state index in [4.69, 9.17) is 0 Å². The molecule has 1 aromatic carbocycles. The van der Waals surface area contributed by atoms with Crippen molar-refractivity contribution in [1.29, 1.82) is 0 Å². The lowest BCUT2D eigenvalue weighted by Crippen LogP contribution is -2.41. The number of nitrogens with zero attached hydrogens (tertiary/aromatic N) is 1. The third kappa shape index (κ3) is 6.23. The Morgan fingerprint density at radius 3 is 2.38 bits per heavy atom. The van der Waals surface area contributed by atoms with Gasteiger partial charge in [-0.15, -0.1) is 0 Å². The van der Waals surface area contributed by atoms with E-state index in [0.29, 0.717) is 18.5 Å². The number of benzene rings is 1. The summed E-state index contributed by atoms with van der Waals surface area (Å²) < 4.78 is 12.8. The van der Waals surface area contributed by atoms with Crippen LogP contribution in [0.2, 0.25) is 0 Å². The van der Waals surface area contributed by atoms with Crippen molar-refractivity contribution < 1.29 is 14.3 Å². The number of amides is 1. The molecule has 0 bridgehead atoms. The van der Waals surface area contributed by atoms with Crippen LogP contribution < -0.4 is 5.32 Å². The molecule has 4 nitrogen and oxygen atoms in total. The van der Waals surface area contributed by atoms with Crippen LogP contribution >= 0.6 is 0 Å². The number of hydrogen-bond donors (Lipinski definition) is 2. The zero-order chi connectivity index (χ0) is 15.8. The summed E-state index contributed by atoms with van der Waals surface area (Å²) in [6.07, 6.45) is -0.315. The molecule has 0 aliphatic carbocycles. The molecule has 21 heavy (non-hydrogen) atoms. The highest BCUT2D eigenvalue weighted by atomic mass is 19.1. The fourth-order valence-electron chi connectivity index (χ4n) is 2.19. The van der Waals surface area contributed by atoms with Crippen molar-refractivity contribution in [3.8, 4) is 0 Å². The van der Waals surface area contributed by atoms with E-state index in [1.54, 1.807) is 12.1 Å². The Balaban J connectivity index is 2.43. The molecule has 1 rings (SSSR count). The van der Waals surface area contributed by atoms with E-state index in [9.17, 15) is 14.3 Å². The zero-order valence-electron chi connectivity index (χ0n) is 13.0. The minimum atomic E-state index is -0.714. The maximum absolute atomic E-state index is 12.8. The molecule has 2 unspecified atom stereocenters. The Hall–Kier alpha value is -1.46. The van der Waals surface area contributed by atoms with Crippen LogP contribution in [0.5, 0.6) is 0 Å². The van der Waals surface area contributed by atoms with E-state index in [1.807, 2.05) is 25.7 Å². The highest BCUT2D eigenvalue weighted by Gasteiger charge is 2.15. The van der Waals surface area contributed by atoms with Crippen LogP contribution in [0.4, 0.5) is 4.39 Å². The van der Waals surface area contributed by atoms with Gasteiger partial charge >= 0.3 is 0 Å². The quantitative estimate of drug-likeness (QED) is 0.772. The molecule has 0 aromatic heterocycles. The molecule has 0 aliphatic rings. The average Bonchev–Trinajstić information content (AvgIpc) is 2.45. The van der Waals surface area contributed by atoms with Gasteiger partial charge in [-0.2, -0.15) is 0 Å². The summed E-state index contributed by atoms with van der Waals surface area (Å²) >= 11 is 0. The maximum atomic E-state index is 12.8. The molecule has 0 saturated carbocycles. The highest BCUT2D eigenvalue weighted by Crippen LogP contribution is 2.18. The molecular formula is C16H25FN2O2. The Morgan fingerprint density at radius 2 is 1.86 bits per heavy atom. The van der Waals surface area contributed by atoms with E-state index in [0.717, 1.165) is 13.1 Å². The molecule has 1 amide bonds. The topological polar surface area (TPSA) is 52.6 Å². The number of likely N-dealkylation sites (N-methyl/N-ethyl adjacent to an activating group) is 1. The van der Waals surface area contributed by atoms with Gasteiger partial charge < -0.3 is 10.4 Å². The number of aliphatic hydroxyl groups excluding tert-OH is 1. The number of halogens is 1. The highest BCUT2D eigenvalue weighted by molar-refractivity contribution is 5.78. The van der Waals surface area contributed by atoms with Gasteiger partial charge in [0.2, 0.25) is 5.91 Å². The second-order valence-corrected chi connectivity index (χ2v) is 5.23. The van der Waals surface area contributed by atoms with Crippen LogP contribution in [0, 0.1) is 5.82 Å². The van der Waals surface area contributed by atoms with E-state index in [2.05, 4.69) is 5.32 Å². The fraction of sp³-hybridized carbons (Fsp3) is 0.562. The summed E-state index contributed by atoms with van der Waals surface area (Å²) in [7, 11) is 0. The minimum Gasteiger partial charge on any atom is -0.388 e. The van der Waals surface area contributed by atoms with E-state index >= 15 is 0 Å². The van der Waals surface area contributed by atoms with Crippen LogP contribution in [0.25, 0.3) is 0 Å². The van der Waals surface area contributed by atoms with Crippen molar-refractivity contribution in [3.05, 3.63) is 35.6 Å². The number of rotatable bonds is 8. The number of carbonyl (C=O) groups is 1. The van der Waals surface area contributed by atoms with Crippen molar-refractivity contribution in [2.24, 2.45) is 0 Å². The lowest BCUT2D eigenvalue weighted by molar-refractivity contribution is -0.122. The predicted molar refractivity (Wildman–Crippen MR) is 81.4 cm³/mol. The monoisotopic (exact) mass is 296 g/mol. The molecule has 0 heterocycles. The Labute approximate surface area is 126 Å². The van der Waals surface area contributed by atoms with Gasteiger partial charge in [-0.05, 0) is 44.1 Å². The normalized spacial score (nSPS) is 14.0. The summed E-state index contributed by atoms with van der Waals surface area (Å²) in [5.74, 6) is -0.371. The second-order valence-electron chi connectivity index (χ2n) is 5.23. The van der Waals surface area contributed by atoms with Gasteiger partial charge in [0.05, 0.1) is 12.6 Å². The summed E-state index contributed by atoms with van der Waals surface area (Å²) in [5.41, 5.74) is 0.654. The van der Waals surface area contributed by atoms with Crippen molar-refractivity contribution in [1.82, 2.24) is 10.2 Å². The third-order valence-corrected chi connectivity index (χ3v) is 3.50. The average molecular weight is 296 g/mol. The van der Waals surface area contributed by atoms with Gasteiger partial charge in [-0.1, -0.05) is 26.0 Å². The van der Waals surface area contributed by atoms with E-state index < -0.39 is 6.10 Å².